The largest absolute Gasteiger partial charge is 0.508 e. The van der Waals surface area contributed by atoms with Gasteiger partial charge < -0.3 is 38.8 Å². The summed E-state index contributed by atoms with van der Waals surface area (Å²) in [4.78, 5) is 27.6. The number of ether oxygens (including phenoxy) is 6. The van der Waals surface area contributed by atoms with E-state index >= 15 is 4.57 Å². The Balaban J connectivity index is 1.24. The molecule has 0 saturated carbocycles. The molecule has 0 radical (unpaired) electrons. The number of aliphatic hydroxyl groups is 1. The molecule has 1 aliphatic carbocycles. The van der Waals surface area contributed by atoms with Crippen molar-refractivity contribution in [3.63, 3.8) is 0 Å². The van der Waals surface area contributed by atoms with Crippen LogP contribution in [0.25, 0.3) is 11.1 Å². The summed E-state index contributed by atoms with van der Waals surface area (Å²) in [6.07, 6.45) is -8.40. The van der Waals surface area contributed by atoms with Crippen LogP contribution in [0.1, 0.15) is 33.7 Å². The van der Waals surface area contributed by atoms with Gasteiger partial charge in [-0.1, -0.05) is 174 Å². The second-order valence-corrected chi connectivity index (χ2v) is 19.0. The molecule has 65 heavy (non-hydrogen) atoms. The highest BCUT2D eigenvalue weighted by atomic mass is 35.6. The van der Waals surface area contributed by atoms with Crippen LogP contribution in [0.5, 0.6) is 0 Å². The Bertz CT molecular complexity index is 2250. The van der Waals surface area contributed by atoms with E-state index in [-0.39, 0.29) is 45.6 Å². The second kappa shape index (κ2) is 23.3. The Hall–Kier alpha value is -4.54. The number of halogens is 3. The molecular formula is C47H47Cl3NO13P. The molecule has 1 amide bonds. The summed E-state index contributed by atoms with van der Waals surface area (Å²) in [5.41, 5.74) is 6.01. The number of alkyl carbamates (subject to hydrolysis) is 1. The first kappa shape index (κ1) is 48.4. The summed E-state index contributed by atoms with van der Waals surface area (Å²) in [6.45, 7) is -2.20. The highest BCUT2D eigenvalue weighted by molar-refractivity contribution is 7.48. The van der Waals surface area contributed by atoms with Gasteiger partial charge in [0.2, 0.25) is 3.79 Å². The number of rotatable bonds is 20. The van der Waals surface area contributed by atoms with Crippen molar-refractivity contribution in [3.8, 4) is 11.1 Å². The number of aliphatic hydroxyl groups excluding tert-OH is 1. The molecule has 0 spiro atoms. The van der Waals surface area contributed by atoms with Gasteiger partial charge in [-0.25, -0.2) is 14.2 Å². The number of nitrogens with one attached hydrogen (secondary N) is 1. The van der Waals surface area contributed by atoms with E-state index in [1.165, 1.54) is 0 Å². The molecule has 18 heteroatoms. The van der Waals surface area contributed by atoms with Crippen molar-refractivity contribution in [3.05, 3.63) is 167 Å². The van der Waals surface area contributed by atoms with E-state index in [2.05, 4.69) is 5.32 Å². The molecule has 5 atom stereocenters. The van der Waals surface area contributed by atoms with Crippen molar-refractivity contribution in [1.82, 2.24) is 5.32 Å². The van der Waals surface area contributed by atoms with E-state index in [1.54, 1.807) is 48.5 Å². The minimum absolute atomic E-state index is 0.102. The molecule has 344 valence electrons. The van der Waals surface area contributed by atoms with Crippen LogP contribution < -0.4 is 5.32 Å². The number of carbonyl (C=O) groups excluding carboxylic acids is 2. The zero-order chi connectivity index (χ0) is 45.7. The van der Waals surface area contributed by atoms with Crippen molar-refractivity contribution in [1.29, 1.82) is 0 Å². The van der Waals surface area contributed by atoms with E-state index in [0.29, 0.717) is 11.1 Å². The number of carbonyl (C=O) groups is 2. The summed E-state index contributed by atoms with van der Waals surface area (Å²) in [5, 5.41) is 12.4. The smallest absolute Gasteiger partial charge is 0.445 e. The lowest BCUT2D eigenvalue weighted by Crippen LogP contribution is -2.66. The Morgan fingerprint density at radius 3 is 1.74 bits per heavy atom. The van der Waals surface area contributed by atoms with Gasteiger partial charge in [0, 0.05) is 5.92 Å². The van der Waals surface area contributed by atoms with Crippen LogP contribution in [0.4, 0.5) is 9.59 Å². The Morgan fingerprint density at radius 1 is 0.677 bits per heavy atom. The SMILES string of the molecule is O=C(N[C@H]1[C@@H](OCCO)O[C@H](COCc2ccccc2)[C@@H](OP(=O)(OCc2ccccc2)OCc2ccccc2)[C@@H]1OC(=O)OCC1c2ccccc2-c2ccccc21)OCC(Cl)(Cl)Cl. The van der Waals surface area contributed by atoms with Crippen molar-refractivity contribution < 1.29 is 61.3 Å². The third kappa shape index (κ3) is 13.8. The normalized spacial score (nSPS) is 19.5. The predicted molar refractivity (Wildman–Crippen MR) is 241 cm³/mol. The molecule has 7 rings (SSSR count). The quantitative estimate of drug-likeness (QED) is 0.0431. The van der Waals surface area contributed by atoms with Crippen LogP contribution in [0.2, 0.25) is 0 Å². The van der Waals surface area contributed by atoms with Gasteiger partial charge in [0.1, 0.15) is 31.5 Å². The van der Waals surface area contributed by atoms with E-state index in [9.17, 15) is 14.7 Å². The van der Waals surface area contributed by atoms with Gasteiger partial charge in [-0.15, -0.1) is 0 Å². The fourth-order valence-electron chi connectivity index (χ4n) is 7.40. The summed E-state index contributed by atoms with van der Waals surface area (Å²) < 4.78 is 67.2. The van der Waals surface area contributed by atoms with Crippen LogP contribution in [0, 0.1) is 0 Å². The number of benzene rings is 5. The van der Waals surface area contributed by atoms with Crippen LogP contribution in [-0.2, 0) is 66.4 Å². The molecule has 14 nitrogen and oxygen atoms in total. The van der Waals surface area contributed by atoms with Crippen molar-refractivity contribution >= 4 is 54.9 Å². The molecule has 1 heterocycles. The van der Waals surface area contributed by atoms with Gasteiger partial charge in [0.25, 0.3) is 0 Å². The topological polar surface area (TPSA) is 167 Å². The standard InChI is InChI=1S/C47H47Cl3NO13P/c48-47(49,50)31-59-45(53)51-41-43(63-46(54)58-29-39-37-22-12-10-20-35(37)36-21-11-13-23-38(36)39)42(40(62-44(41)57-25-24-52)30-56-26-32-14-4-1-5-15-32)64-65(55,60-27-33-16-6-2-7-17-33)61-28-34-18-8-3-9-19-34/h1-23,39-44,52H,24-31H2,(H,51,53)/t40-,41-,42-,43-,44+/m1/s1. The van der Waals surface area contributed by atoms with E-state index in [1.807, 2.05) is 91.0 Å². The summed E-state index contributed by atoms with van der Waals surface area (Å²) in [6, 6.07) is 41.2. The molecule has 1 saturated heterocycles. The number of alkyl halides is 3. The average molecular weight is 971 g/mol. The number of fused-ring (bicyclic) bond motifs is 3. The molecule has 1 fully saturated rings. The van der Waals surface area contributed by atoms with E-state index < -0.39 is 67.7 Å². The first-order valence-electron chi connectivity index (χ1n) is 20.7. The Kier molecular flexibility index (Phi) is 17.3. The summed E-state index contributed by atoms with van der Waals surface area (Å²) in [7, 11) is -4.71. The highest BCUT2D eigenvalue weighted by Crippen LogP contribution is 2.54. The third-order valence-corrected chi connectivity index (χ3v) is 12.1. The maximum absolute atomic E-state index is 15.1. The van der Waals surface area contributed by atoms with Gasteiger partial charge in [-0.05, 0) is 38.9 Å². The molecule has 0 bridgehead atoms. The molecule has 0 aromatic heterocycles. The van der Waals surface area contributed by atoms with E-state index in [4.69, 9.17) is 76.8 Å². The zero-order valence-electron chi connectivity index (χ0n) is 34.8. The lowest BCUT2D eigenvalue weighted by Gasteiger charge is -2.45. The van der Waals surface area contributed by atoms with Gasteiger partial charge in [-0.3, -0.25) is 13.6 Å². The molecule has 0 unspecified atom stereocenters. The van der Waals surface area contributed by atoms with Crippen LogP contribution >= 0.6 is 42.6 Å². The van der Waals surface area contributed by atoms with Crippen molar-refractivity contribution in [2.45, 2.75) is 60.2 Å². The lowest BCUT2D eigenvalue weighted by atomic mass is 9.96. The van der Waals surface area contributed by atoms with E-state index in [0.717, 1.165) is 27.8 Å². The minimum Gasteiger partial charge on any atom is -0.445 e. The molecule has 5 aromatic carbocycles. The van der Waals surface area contributed by atoms with Crippen LogP contribution in [0.3, 0.4) is 0 Å². The van der Waals surface area contributed by atoms with Crippen LogP contribution in [0.15, 0.2) is 140 Å². The minimum atomic E-state index is -4.71. The van der Waals surface area contributed by atoms with Gasteiger partial charge in [0.15, 0.2) is 12.4 Å². The fraction of sp³-hybridized carbons (Fsp3) is 0.319. The molecule has 5 aromatic rings. The van der Waals surface area contributed by atoms with Gasteiger partial charge in [-0.2, -0.15) is 0 Å². The number of phosphoric acid groups is 1. The molecule has 2 N–H and O–H groups in total. The maximum atomic E-state index is 15.1. The summed E-state index contributed by atoms with van der Waals surface area (Å²) in [5.74, 6) is -0.347. The fourth-order valence-corrected chi connectivity index (χ4v) is 8.93. The Labute approximate surface area is 391 Å². The summed E-state index contributed by atoms with van der Waals surface area (Å²) >= 11 is 17.7. The molecular weight excluding hydrogens is 924 g/mol. The predicted octanol–water partition coefficient (Wildman–Crippen LogP) is 9.66. The zero-order valence-corrected chi connectivity index (χ0v) is 38.0. The second-order valence-electron chi connectivity index (χ2n) is 14.9. The Morgan fingerprint density at radius 2 is 1.20 bits per heavy atom. The van der Waals surface area contributed by atoms with Crippen LogP contribution in [-0.4, -0.2) is 84.8 Å². The number of amides is 1. The third-order valence-electron chi connectivity index (χ3n) is 10.3. The number of hydrogen-bond acceptors (Lipinski definition) is 13. The molecule has 1 aliphatic heterocycles. The number of phosphoric ester groups is 1. The lowest BCUT2D eigenvalue weighted by molar-refractivity contribution is -0.272. The van der Waals surface area contributed by atoms with Gasteiger partial charge >= 0.3 is 20.1 Å². The number of hydrogen-bond donors (Lipinski definition) is 2. The first-order valence-corrected chi connectivity index (χ1v) is 23.2. The van der Waals surface area contributed by atoms with Crippen molar-refractivity contribution in [2.75, 3.05) is 33.0 Å². The monoisotopic (exact) mass is 969 g/mol. The maximum Gasteiger partial charge on any atom is 0.508 e. The average Bonchev–Trinajstić information content (AvgIpc) is 3.64. The highest BCUT2D eigenvalue weighted by Gasteiger charge is 2.54. The first-order chi connectivity index (χ1) is 31.5. The van der Waals surface area contributed by atoms with Crippen molar-refractivity contribution in [2.24, 2.45) is 0 Å². The van der Waals surface area contributed by atoms with Gasteiger partial charge in [0.05, 0.1) is 39.6 Å². The molecule has 2 aliphatic rings.